The van der Waals surface area contributed by atoms with Crippen LogP contribution in [0.3, 0.4) is 0 Å². The largest absolute Gasteiger partial charge is 0.340 e. The summed E-state index contributed by atoms with van der Waals surface area (Å²) in [6.07, 6.45) is 8.27. The lowest BCUT2D eigenvalue weighted by Gasteiger charge is -2.34. The van der Waals surface area contributed by atoms with Gasteiger partial charge in [0.2, 0.25) is 11.8 Å². The maximum absolute atomic E-state index is 12.5. The minimum absolute atomic E-state index is 0.0678. The molecule has 28 heavy (non-hydrogen) atoms. The molecule has 1 aromatic rings. The van der Waals surface area contributed by atoms with Crippen LogP contribution in [-0.2, 0) is 9.59 Å². The number of benzene rings is 1. The Bertz CT molecular complexity index is 696. The van der Waals surface area contributed by atoms with Crippen molar-refractivity contribution >= 4 is 17.5 Å². The summed E-state index contributed by atoms with van der Waals surface area (Å²) < 4.78 is 0. The maximum Gasteiger partial charge on any atom is 0.238 e. The van der Waals surface area contributed by atoms with Gasteiger partial charge in [0, 0.05) is 38.3 Å². The molecule has 150 valence electrons. The van der Waals surface area contributed by atoms with Crippen LogP contribution in [0.1, 0.15) is 50.5 Å². The predicted octanol–water partition coefficient (Wildman–Crippen LogP) is 3.00. The summed E-state index contributed by atoms with van der Waals surface area (Å²) in [4.78, 5) is 28.7. The van der Waals surface area contributed by atoms with Gasteiger partial charge in [-0.05, 0) is 36.6 Å². The Morgan fingerprint density at radius 1 is 1.04 bits per heavy atom. The van der Waals surface area contributed by atoms with Crippen molar-refractivity contribution < 1.29 is 9.59 Å². The van der Waals surface area contributed by atoms with Crippen LogP contribution in [0.15, 0.2) is 24.3 Å². The third kappa shape index (κ3) is 6.07. The van der Waals surface area contributed by atoms with Gasteiger partial charge in [0.05, 0.1) is 18.2 Å². The van der Waals surface area contributed by atoms with E-state index in [1.54, 1.807) is 24.3 Å². The number of rotatable bonds is 6. The third-order valence-electron chi connectivity index (χ3n) is 5.88. The Kier molecular flexibility index (Phi) is 7.44. The Morgan fingerprint density at radius 2 is 1.71 bits per heavy atom. The summed E-state index contributed by atoms with van der Waals surface area (Å²) >= 11 is 0. The molecule has 0 unspecified atom stereocenters. The first-order valence-electron chi connectivity index (χ1n) is 10.4. The van der Waals surface area contributed by atoms with Gasteiger partial charge in [0.25, 0.3) is 0 Å². The molecule has 2 amide bonds. The van der Waals surface area contributed by atoms with Crippen molar-refractivity contribution in [2.45, 2.75) is 44.9 Å². The first kappa shape index (κ1) is 20.3. The Hall–Kier alpha value is -2.39. The van der Waals surface area contributed by atoms with Crippen LogP contribution >= 0.6 is 0 Å². The predicted molar refractivity (Wildman–Crippen MR) is 109 cm³/mol. The number of nitrogens with zero attached hydrogens (tertiary/aromatic N) is 3. The highest BCUT2D eigenvalue weighted by molar-refractivity contribution is 5.92. The quantitative estimate of drug-likeness (QED) is 0.821. The first-order valence-corrected chi connectivity index (χ1v) is 10.4. The van der Waals surface area contributed by atoms with E-state index in [2.05, 4.69) is 16.3 Å². The zero-order valence-electron chi connectivity index (χ0n) is 16.5. The molecular weight excluding hydrogens is 352 g/mol. The minimum Gasteiger partial charge on any atom is -0.340 e. The van der Waals surface area contributed by atoms with Gasteiger partial charge in [-0.25, -0.2) is 0 Å². The molecule has 0 aromatic heterocycles. The molecule has 1 saturated heterocycles. The Morgan fingerprint density at radius 3 is 2.36 bits per heavy atom. The van der Waals surface area contributed by atoms with Crippen molar-refractivity contribution in [1.82, 2.24) is 9.80 Å². The topological polar surface area (TPSA) is 76.4 Å². The summed E-state index contributed by atoms with van der Waals surface area (Å²) in [7, 11) is 0. The van der Waals surface area contributed by atoms with Crippen molar-refractivity contribution in [3.05, 3.63) is 29.8 Å². The Labute approximate surface area is 167 Å². The average molecular weight is 383 g/mol. The van der Waals surface area contributed by atoms with Gasteiger partial charge < -0.3 is 10.2 Å². The van der Waals surface area contributed by atoms with E-state index < -0.39 is 0 Å². The van der Waals surface area contributed by atoms with Gasteiger partial charge in [-0.1, -0.05) is 32.1 Å². The summed E-state index contributed by atoms with van der Waals surface area (Å²) in [5.74, 6) is 0.943. The van der Waals surface area contributed by atoms with Gasteiger partial charge in [0.1, 0.15) is 0 Å². The second-order valence-electron chi connectivity index (χ2n) is 7.94. The van der Waals surface area contributed by atoms with E-state index in [4.69, 9.17) is 5.26 Å². The number of nitrogens with one attached hydrogen (secondary N) is 1. The van der Waals surface area contributed by atoms with Crippen molar-refractivity contribution in [1.29, 1.82) is 5.26 Å². The molecule has 1 saturated carbocycles. The van der Waals surface area contributed by atoms with Crippen molar-refractivity contribution in [2.75, 3.05) is 38.0 Å². The molecular formula is C22H30N4O2. The van der Waals surface area contributed by atoms with E-state index in [-0.39, 0.29) is 11.8 Å². The molecule has 0 spiro atoms. The highest BCUT2D eigenvalue weighted by atomic mass is 16.2. The van der Waals surface area contributed by atoms with Crippen LogP contribution in [0.4, 0.5) is 5.69 Å². The first-order chi connectivity index (χ1) is 13.6. The van der Waals surface area contributed by atoms with Crippen LogP contribution in [-0.4, -0.2) is 54.3 Å². The number of hydrogen-bond acceptors (Lipinski definition) is 4. The molecule has 6 nitrogen and oxygen atoms in total. The molecule has 0 atom stereocenters. The van der Waals surface area contributed by atoms with Gasteiger partial charge in [0.15, 0.2) is 0 Å². The standard InChI is InChI=1S/C22H30N4O2/c23-16-19-6-9-20(10-7-19)24-21(27)17-25-12-14-26(15-13-25)22(28)11-8-18-4-2-1-3-5-18/h6-7,9-10,18H,1-5,8,11-15,17H2,(H,24,27). The molecule has 1 heterocycles. The zero-order chi connectivity index (χ0) is 19.8. The third-order valence-corrected chi connectivity index (χ3v) is 5.88. The molecule has 1 aliphatic heterocycles. The molecule has 0 radical (unpaired) electrons. The number of piperazine rings is 1. The average Bonchev–Trinajstić information content (AvgIpc) is 2.74. The SMILES string of the molecule is N#Cc1ccc(NC(=O)CN2CCN(C(=O)CCC3CCCCC3)CC2)cc1. The van der Waals surface area contributed by atoms with Gasteiger partial charge in [-0.3, -0.25) is 14.5 Å². The van der Waals surface area contributed by atoms with Crippen LogP contribution < -0.4 is 5.32 Å². The van der Waals surface area contributed by atoms with Crippen molar-refractivity contribution in [3.8, 4) is 6.07 Å². The fraction of sp³-hybridized carbons (Fsp3) is 0.591. The lowest BCUT2D eigenvalue weighted by molar-refractivity contribution is -0.133. The lowest BCUT2D eigenvalue weighted by atomic mass is 9.86. The fourth-order valence-corrected chi connectivity index (χ4v) is 4.15. The van der Waals surface area contributed by atoms with Gasteiger partial charge in [-0.2, -0.15) is 5.26 Å². The van der Waals surface area contributed by atoms with Crippen molar-refractivity contribution in [3.63, 3.8) is 0 Å². The summed E-state index contributed by atoms with van der Waals surface area (Å²) in [5, 5.41) is 11.7. The molecule has 2 aliphatic rings. The molecule has 0 bridgehead atoms. The van der Waals surface area contributed by atoms with Crippen LogP contribution in [0, 0.1) is 17.2 Å². The molecule has 1 aromatic carbocycles. The number of carbonyl (C=O) groups is 2. The van der Waals surface area contributed by atoms with E-state index in [1.165, 1.54) is 32.1 Å². The normalized spacial score (nSPS) is 18.5. The molecule has 2 fully saturated rings. The highest BCUT2D eigenvalue weighted by Gasteiger charge is 2.23. The molecule has 1 N–H and O–H groups in total. The molecule has 3 rings (SSSR count). The van der Waals surface area contributed by atoms with Crippen molar-refractivity contribution in [2.24, 2.45) is 5.92 Å². The van der Waals surface area contributed by atoms with E-state index in [0.717, 1.165) is 25.4 Å². The van der Waals surface area contributed by atoms with Crippen LogP contribution in [0.25, 0.3) is 0 Å². The smallest absolute Gasteiger partial charge is 0.238 e. The number of hydrogen-bond donors (Lipinski definition) is 1. The van der Waals surface area contributed by atoms with E-state index in [0.29, 0.717) is 37.3 Å². The minimum atomic E-state index is -0.0678. The zero-order valence-corrected chi connectivity index (χ0v) is 16.5. The van der Waals surface area contributed by atoms with Gasteiger partial charge in [-0.15, -0.1) is 0 Å². The number of anilines is 1. The van der Waals surface area contributed by atoms with E-state index in [1.807, 2.05) is 4.90 Å². The monoisotopic (exact) mass is 382 g/mol. The summed E-state index contributed by atoms with van der Waals surface area (Å²) in [6, 6.07) is 8.91. The van der Waals surface area contributed by atoms with Gasteiger partial charge >= 0.3 is 0 Å². The fourth-order valence-electron chi connectivity index (χ4n) is 4.15. The lowest BCUT2D eigenvalue weighted by Crippen LogP contribution is -2.50. The summed E-state index contributed by atoms with van der Waals surface area (Å²) in [5.41, 5.74) is 1.27. The van der Waals surface area contributed by atoms with Crippen LogP contribution in [0.2, 0.25) is 0 Å². The van der Waals surface area contributed by atoms with Crippen LogP contribution in [0.5, 0.6) is 0 Å². The summed E-state index contributed by atoms with van der Waals surface area (Å²) in [6.45, 7) is 3.19. The highest BCUT2D eigenvalue weighted by Crippen LogP contribution is 2.27. The Balaban J connectivity index is 1.35. The van der Waals surface area contributed by atoms with E-state index in [9.17, 15) is 9.59 Å². The maximum atomic E-state index is 12.5. The number of nitriles is 1. The second-order valence-corrected chi connectivity index (χ2v) is 7.94. The second kappa shape index (κ2) is 10.2. The molecule has 6 heteroatoms. The molecule has 1 aliphatic carbocycles. The number of amides is 2. The van der Waals surface area contributed by atoms with E-state index >= 15 is 0 Å². The number of carbonyl (C=O) groups excluding carboxylic acids is 2.